The Morgan fingerprint density at radius 2 is 0.885 bits per heavy atom. The van der Waals surface area contributed by atoms with Crippen LogP contribution in [0.3, 0.4) is 0 Å². The number of fused-ring (bicyclic) bond motifs is 3. The highest BCUT2D eigenvalue weighted by Crippen LogP contribution is 2.20. The van der Waals surface area contributed by atoms with Gasteiger partial charge in [-0.05, 0) is 88.6 Å². The van der Waals surface area contributed by atoms with Crippen LogP contribution < -0.4 is 5.48 Å². The smallest absolute Gasteiger partial charge is 0.302 e. The first-order valence-electron chi connectivity index (χ1n) is 16.8. The fourth-order valence-corrected chi connectivity index (χ4v) is 5.16. The van der Waals surface area contributed by atoms with Gasteiger partial charge in [-0.25, -0.2) is 0 Å². The second-order valence-electron chi connectivity index (χ2n) is 11.3. The number of rotatable bonds is 2. The number of aromatic nitrogens is 3. The van der Waals surface area contributed by atoms with Crippen LogP contribution in [0.4, 0.5) is 0 Å². The molecule has 0 saturated carbocycles. The first kappa shape index (κ1) is 47.4. The fourth-order valence-electron chi connectivity index (χ4n) is 5.04. The van der Waals surface area contributed by atoms with Crippen LogP contribution in [-0.4, -0.2) is 60.3 Å². The molecule has 0 unspecified atom stereocenters. The highest BCUT2D eigenvalue weighted by molar-refractivity contribution is 7.80. The van der Waals surface area contributed by atoms with Gasteiger partial charge in [0.2, 0.25) is 0 Å². The van der Waals surface area contributed by atoms with E-state index in [9.17, 15) is 4.79 Å². The Hall–Kier alpha value is -4.55. The lowest BCUT2D eigenvalue weighted by molar-refractivity contribution is -0.140. The number of carbonyl (C=O) groups is 1. The molecule has 6 rings (SSSR count). The standard InChI is InChI=1S/3C10H11N.C4H8O2.C4H8OS.C2H5NOS.CH4O/c3*1-8-7-11(2)10-6-4-3-5-9(8)10;1-3-6-4(2)5;1-3-5-4(2)6;1-2(5)3-4;1-2/h3*3-7H,1-2H3;2*3H2,1-2H3;4H,1H3,(H,3,5);2H,1H3. The molecule has 3 heterocycles. The van der Waals surface area contributed by atoms with Crippen LogP contribution >= 0.6 is 24.4 Å². The first-order valence-corrected chi connectivity index (χ1v) is 17.6. The van der Waals surface area contributed by atoms with Crippen molar-refractivity contribution in [3.63, 3.8) is 0 Å². The topological polar surface area (TPSA) is 103 Å². The van der Waals surface area contributed by atoms with E-state index in [1.54, 1.807) is 26.3 Å². The van der Waals surface area contributed by atoms with Gasteiger partial charge >= 0.3 is 5.97 Å². The van der Waals surface area contributed by atoms with E-state index in [2.05, 4.69) is 176 Å². The van der Waals surface area contributed by atoms with Gasteiger partial charge in [-0.15, -0.1) is 0 Å². The van der Waals surface area contributed by atoms with Crippen molar-refractivity contribution in [3.8, 4) is 0 Å². The average Bonchev–Trinajstić information content (AvgIpc) is 3.71. The zero-order chi connectivity index (χ0) is 39.8. The molecule has 0 aliphatic rings. The molecule has 0 fully saturated rings. The van der Waals surface area contributed by atoms with Crippen molar-refractivity contribution in [2.45, 2.75) is 55.4 Å². The summed E-state index contributed by atoms with van der Waals surface area (Å²) in [7, 11) is 7.24. The van der Waals surface area contributed by atoms with Crippen molar-refractivity contribution in [3.05, 3.63) is 108 Å². The van der Waals surface area contributed by atoms with Gasteiger partial charge in [0.05, 0.1) is 18.2 Å². The molecule has 0 bridgehead atoms. The van der Waals surface area contributed by atoms with Crippen molar-refractivity contribution in [2.24, 2.45) is 21.1 Å². The lowest BCUT2D eigenvalue weighted by Crippen LogP contribution is -2.10. The maximum absolute atomic E-state index is 9.82. The highest BCUT2D eigenvalue weighted by Gasteiger charge is 2.01. The summed E-state index contributed by atoms with van der Waals surface area (Å²) in [4.78, 5) is 10.2. The van der Waals surface area contributed by atoms with Gasteiger partial charge in [0.25, 0.3) is 0 Å². The van der Waals surface area contributed by atoms with Crippen LogP contribution in [-0.2, 0) is 35.4 Å². The summed E-state index contributed by atoms with van der Waals surface area (Å²) >= 11 is 8.91. The number of benzene rings is 3. The molecule has 52 heavy (non-hydrogen) atoms. The third-order valence-corrected chi connectivity index (χ3v) is 7.35. The summed E-state index contributed by atoms with van der Waals surface area (Å²) < 4.78 is 15.6. The van der Waals surface area contributed by atoms with E-state index in [1.165, 1.54) is 56.3 Å². The van der Waals surface area contributed by atoms with Gasteiger partial charge in [-0.1, -0.05) is 66.8 Å². The number of esters is 1. The lowest BCUT2D eigenvalue weighted by Gasteiger charge is -1.93. The third-order valence-electron chi connectivity index (χ3n) is 7.14. The number of aryl methyl sites for hydroxylation is 6. The first-order chi connectivity index (χ1) is 24.7. The van der Waals surface area contributed by atoms with Crippen LogP contribution in [0, 0.1) is 20.8 Å². The van der Waals surface area contributed by atoms with E-state index in [1.807, 2.05) is 6.92 Å². The average molecular weight is 751 g/mol. The highest BCUT2D eigenvalue weighted by atomic mass is 32.1. The van der Waals surface area contributed by atoms with E-state index in [4.69, 9.17) is 15.1 Å². The monoisotopic (exact) mass is 750 g/mol. The van der Waals surface area contributed by atoms with Crippen molar-refractivity contribution in [1.29, 1.82) is 0 Å². The Kier molecular flexibility index (Phi) is 24.0. The second kappa shape index (κ2) is 26.3. The van der Waals surface area contributed by atoms with E-state index in [0.29, 0.717) is 23.3 Å². The van der Waals surface area contributed by atoms with Crippen LogP contribution in [0.1, 0.15) is 51.3 Å². The number of para-hydroxylation sites is 3. The summed E-state index contributed by atoms with van der Waals surface area (Å²) in [6.07, 6.45) is 6.47. The zero-order valence-electron chi connectivity index (χ0n) is 32.9. The van der Waals surface area contributed by atoms with Crippen molar-refractivity contribution < 1.29 is 24.6 Å². The number of hydrogen-bond donors (Lipinski definition) is 3. The Morgan fingerprint density at radius 1 is 0.615 bits per heavy atom. The second-order valence-corrected chi connectivity index (χ2v) is 12.5. The van der Waals surface area contributed by atoms with Gasteiger partial charge in [-0.2, -0.15) is 0 Å². The van der Waals surface area contributed by atoms with Gasteiger partial charge < -0.3 is 28.3 Å². The number of thiocarbonyl (C=S) groups is 2. The molecular weight excluding hydrogens is 693 g/mol. The molecule has 0 aliphatic heterocycles. The summed E-state index contributed by atoms with van der Waals surface area (Å²) in [5.41, 5.74) is 9.74. The van der Waals surface area contributed by atoms with Crippen molar-refractivity contribution in [1.82, 2.24) is 19.2 Å². The Labute approximate surface area is 320 Å². The van der Waals surface area contributed by atoms with Crippen molar-refractivity contribution >= 4 is 73.2 Å². The van der Waals surface area contributed by atoms with Crippen LogP contribution in [0.2, 0.25) is 0 Å². The van der Waals surface area contributed by atoms with Crippen molar-refractivity contribution in [2.75, 3.05) is 20.3 Å². The fraction of sp³-hybridized carbons (Fsp3) is 0.341. The van der Waals surface area contributed by atoms with E-state index in [0.717, 1.165) is 7.11 Å². The molecule has 284 valence electrons. The predicted octanol–water partition coefficient (Wildman–Crippen LogP) is 9.32. The number of hydroxylamine groups is 1. The Balaban J connectivity index is 0.000000612. The number of hydrogen-bond acceptors (Lipinski definition) is 7. The number of aliphatic hydroxyl groups excluding tert-OH is 1. The summed E-state index contributed by atoms with van der Waals surface area (Å²) in [6, 6.07) is 25.3. The maximum Gasteiger partial charge on any atom is 0.302 e. The summed E-state index contributed by atoms with van der Waals surface area (Å²) in [5, 5.41) is 19.4. The van der Waals surface area contributed by atoms with Gasteiger partial charge in [0, 0.05) is 93.4 Å². The van der Waals surface area contributed by atoms with Gasteiger partial charge in [-0.3, -0.25) is 15.5 Å². The Morgan fingerprint density at radius 3 is 1.04 bits per heavy atom. The van der Waals surface area contributed by atoms with Gasteiger partial charge in [0.15, 0.2) is 5.05 Å². The molecular formula is C41H58N4O5S2. The lowest BCUT2D eigenvalue weighted by atomic mass is 10.2. The van der Waals surface area contributed by atoms with Crippen LogP contribution in [0.25, 0.3) is 32.7 Å². The predicted molar refractivity (Wildman–Crippen MR) is 227 cm³/mol. The molecule has 0 aliphatic carbocycles. The molecule has 0 saturated heterocycles. The van der Waals surface area contributed by atoms with Gasteiger partial charge in [0.1, 0.15) is 0 Å². The molecule has 3 N–H and O–H groups in total. The number of aliphatic hydroxyl groups is 1. The maximum atomic E-state index is 9.82. The molecule has 0 spiro atoms. The Bertz CT molecular complexity index is 1630. The number of carbonyl (C=O) groups excluding carboxylic acids is 1. The molecule has 11 heteroatoms. The summed E-state index contributed by atoms with van der Waals surface area (Å²) in [5.74, 6) is -0.211. The molecule has 0 radical (unpaired) electrons. The normalized spacial score (nSPS) is 9.35. The van der Waals surface area contributed by atoms with Crippen LogP contribution in [0.5, 0.6) is 0 Å². The molecule has 3 aromatic carbocycles. The minimum Gasteiger partial charge on any atom is -0.488 e. The van der Waals surface area contributed by atoms with E-state index in [-0.39, 0.29) is 5.97 Å². The SMILES string of the molecule is CC(=S)NO.CCOC(C)=O.CCOC(C)=S.CO.Cc1cn(C)c2ccccc12.Cc1cn(C)c2ccccc12.Cc1cn(C)c2ccccc12. The molecule has 0 atom stereocenters. The van der Waals surface area contributed by atoms with Crippen LogP contribution in [0.15, 0.2) is 91.4 Å². The minimum atomic E-state index is -0.211. The molecule has 0 amide bonds. The van der Waals surface area contributed by atoms with E-state index < -0.39 is 0 Å². The zero-order valence-corrected chi connectivity index (χ0v) is 34.5. The molecule has 9 nitrogen and oxygen atoms in total. The number of nitrogens with one attached hydrogen (secondary N) is 1. The quantitative estimate of drug-likeness (QED) is 0.0915. The number of ether oxygens (including phenoxy) is 2. The van der Waals surface area contributed by atoms with E-state index >= 15 is 0 Å². The molecule has 6 aromatic rings. The summed E-state index contributed by atoms with van der Waals surface area (Å²) in [6.45, 7) is 16.0. The number of nitrogens with zero attached hydrogens (tertiary/aromatic N) is 3. The molecule has 3 aromatic heterocycles. The third kappa shape index (κ3) is 17.1. The largest absolute Gasteiger partial charge is 0.488 e. The minimum absolute atomic E-state index is 0.211.